The summed E-state index contributed by atoms with van der Waals surface area (Å²) in [6.45, 7) is 7.94. The van der Waals surface area contributed by atoms with Gasteiger partial charge in [-0.1, -0.05) is 43.3 Å². The lowest BCUT2D eigenvalue weighted by Crippen LogP contribution is -2.37. The summed E-state index contributed by atoms with van der Waals surface area (Å²) < 4.78 is 7.70. The average Bonchev–Trinajstić information content (AvgIpc) is 3.00. The van der Waals surface area contributed by atoms with E-state index < -0.39 is 0 Å². The third-order valence-electron chi connectivity index (χ3n) is 4.83. The highest BCUT2D eigenvalue weighted by Crippen LogP contribution is 2.27. The van der Waals surface area contributed by atoms with E-state index in [0.29, 0.717) is 0 Å². The zero-order valence-corrected chi connectivity index (χ0v) is 16.0. The molecule has 6 nitrogen and oxygen atoms in total. The summed E-state index contributed by atoms with van der Waals surface area (Å²) in [7, 11) is 0. The summed E-state index contributed by atoms with van der Waals surface area (Å²) in [6.07, 6.45) is 2.30. The van der Waals surface area contributed by atoms with Crippen molar-refractivity contribution in [1.82, 2.24) is 24.6 Å². The van der Waals surface area contributed by atoms with Gasteiger partial charge in [-0.05, 0) is 12.5 Å². The van der Waals surface area contributed by atoms with Gasteiger partial charge in [0.2, 0.25) is 5.16 Å². The number of ether oxygens (including phenoxy) is 1. The number of thioether (sulfide) groups is 1. The van der Waals surface area contributed by atoms with Gasteiger partial charge < -0.3 is 9.30 Å². The fraction of sp³-hybridized carbons (Fsp3) is 0.526. The van der Waals surface area contributed by atoms with Gasteiger partial charge >= 0.3 is 0 Å². The number of morpholine rings is 1. The van der Waals surface area contributed by atoms with Crippen molar-refractivity contribution >= 4 is 33.8 Å². The smallest absolute Gasteiger partial charge is 0.211 e. The molecule has 0 spiro atoms. The molecule has 7 heteroatoms. The van der Waals surface area contributed by atoms with Gasteiger partial charge in [0.05, 0.1) is 18.7 Å². The lowest BCUT2D eigenvalue weighted by Gasteiger charge is -2.26. The first kappa shape index (κ1) is 17.7. The van der Waals surface area contributed by atoms with Crippen molar-refractivity contribution in [3.05, 3.63) is 24.3 Å². The zero-order chi connectivity index (χ0) is 17.8. The van der Waals surface area contributed by atoms with Crippen LogP contribution in [0.15, 0.2) is 29.4 Å². The summed E-state index contributed by atoms with van der Waals surface area (Å²) in [5.41, 5.74) is 3.07. The largest absolute Gasteiger partial charge is 0.379 e. The van der Waals surface area contributed by atoms with E-state index in [1.165, 1.54) is 5.52 Å². The minimum absolute atomic E-state index is 0.770. The maximum Gasteiger partial charge on any atom is 0.211 e. The molecule has 3 heterocycles. The molecule has 0 radical (unpaired) electrons. The first-order chi connectivity index (χ1) is 12.9. The molecule has 0 saturated carbocycles. The van der Waals surface area contributed by atoms with Crippen molar-refractivity contribution in [3.8, 4) is 0 Å². The van der Waals surface area contributed by atoms with Crippen LogP contribution in [0.1, 0.15) is 19.8 Å². The average molecular weight is 372 g/mol. The molecule has 0 bridgehead atoms. The molecule has 1 saturated heterocycles. The van der Waals surface area contributed by atoms with E-state index in [1.807, 2.05) is 0 Å². The number of rotatable bonds is 7. The monoisotopic (exact) mass is 371 g/mol. The van der Waals surface area contributed by atoms with Crippen LogP contribution in [-0.2, 0) is 11.3 Å². The molecule has 1 aliphatic rings. The number of fused-ring (bicyclic) bond motifs is 3. The number of aryl methyl sites for hydroxylation is 1. The lowest BCUT2D eigenvalue weighted by atomic mass is 10.2. The van der Waals surface area contributed by atoms with Gasteiger partial charge in [0.1, 0.15) is 5.52 Å². The molecule has 3 aromatic rings. The predicted octanol–water partition coefficient (Wildman–Crippen LogP) is 3.20. The quantitative estimate of drug-likeness (QED) is 0.595. The normalized spacial score (nSPS) is 15.9. The summed E-state index contributed by atoms with van der Waals surface area (Å²) in [4.78, 5) is 7.29. The van der Waals surface area contributed by atoms with Gasteiger partial charge in [-0.3, -0.25) is 4.90 Å². The van der Waals surface area contributed by atoms with Crippen molar-refractivity contribution < 1.29 is 4.74 Å². The minimum atomic E-state index is 0.770. The van der Waals surface area contributed by atoms with Crippen LogP contribution in [0.5, 0.6) is 0 Å². The Morgan fingerprint density at radius 2 is 1.96 bits per heavy atom. The van der Waals surface area contributed by atoms with Crippen LogP contribution in [0.3, 0.4) is 0 Å². The molecule has 138 valence electrons. The SMILES string of the molecule is CCCCn1c2ccccc2c2nnc(SCCN3CCOCC3)nc21. The molecule has 2 aromatic heterocycles. The summed E-state index contributed by atoms with van der Waals surface area (Å²) >= 11 is 1.69. The number of nitrogens with zero attached hydrogens (tertiary/aromatic N) is 5. The number of hydrogen-bond donors (Lipinski definition) is 0. The highest BCUT2D eigenvalue weighted by atomic mass is 32.2. The number of benzene rings is 1. The van der Waals surface area contributed by atoms with Crippen LogP contribution in [0.4, 0.5) is 0 Å². The Kier molecular flexibility index (Phi) is 5.67. The zero-order valence-electron chi connectivity index (χ0n) is 15.2. The van der Waals surface area contributed by atoms with Gasteiger partial charge in [-0.15, -0.1) is 10.2 Å². The molecule has 1 aromatic carbocycles. The Morgan fingerprint density at radius 3 is 2.81 bits per heavy atom. The second-order valence-corrected chi connectivity index (χ2v) is 7.65. The second-order valence-electron chi connectivity index (χ2n) is 6.59. The Morgan fingerprint density at radius 1 is 1.12 bits per heavy atom. The highest BCUT2D eigenvalue weighted by Gasteiger charge is 2.15. The predicted molar refractivity (Wildman–Crippen MR) is 106 cm³/mol. The van der Waals surface area contributed by atoms with E-state index in [9.17, 15) is 0 Å². The van der Waals surface area contributed by atoms with Gasteiger partial charge in [-0.25, -0.2) is 4.98 Å². The van der Waals surface area contributed by atoms with Gasteiger partial charge in [-0.2, -0.15) is 0 Å². The topological polar surface area (TPSA) is 56.1 Å². The molecule has 4 rings (SSSR count). The van der Waals surface area contributed by atoms with E-state index in [2.05, 4.69) is 50.9 Å². The third kappa shape index (κ3) is 3.70. The highest BCUT2D eigenvalue weighted by molar-refractivity contribution is 7.99. The maximum absolute atomic E-state index is 5.40. The summed E-state index contributed by atoms with van der Waals surface area (Å²) in [5.74, 6) is 0.975. The van der Waals surface area contributed by atoms with Crippen LogP contribution in [0.25, 0.3) is 22.1 Å². The van der Waals surface area contributed by atoms with Crippen LogP contribution in [-0.4, -0.2) is 63.2 Å². The van der Waals surface area contributed by atoms with Crippen molar-refractivity contribution in [2.45, 2.75) is 31.5 Å². The van der Waals surface area contributed by atoms with Gasteiger partial charge in [0.25, 0.3) is 0 Å². The lowest BCUT2D eigenvalue weighted by molar-refractivity contribution is 0.0410. The molecule has 1 aliphatic heterocycles. The number of para-hydroxylation sites is 1. The van der Waals surface area contributed by atoms with Crippen LogP contribution in [0, 0.1) is 0 Å². The van der Waals surface area contributed by atoms with Crippen LogP contribution >= 0.6 is 11.8 Å². The van der Waals surface area contributed by atoms with E-state index in [-0.39, 0.29) is 0 Å². The number of hydrogen-bond acceptors (Lipinski definition) is 6. The van der Waals surface area contributed by atoms with Gasteiger partial charge in [0, 0.05) is 37.3 Å². The Balaban J connectivity index is 1.56. The van der Waals surface area contributed by atoms with Crippen molar-refractivity contribution in [2.75, 3.05) is 38.6 Å². The molecular weight excluding hydrogens is 346 g/mol. The van der Waals surface area contributed by atoms with E-state index >= 15 is 0 Å². The first-order valence-electron chi connectivity index (χ1n) is 9.41. The first-order valence-corrected chi connectivity index (χ1v) is 10.4. The second kappa shape index (κ2) is 8.33. The van der Waals surface area contributed by atoms with E-state index in [0.717, 1.165) is 79.7 Å². The Bertz CT molecular complexity index is 875. The molecule has 1 fully saturated rings. The maximum atomic E-state index is 5.40. The fourth-order valence-corrected chi connectivity index (χ4v) is 4.17. The van der Waals surface area contributed by atoms with Crippen molar-refractivity contribution in [3.63, 3.8) is 0 Å². The van der Waals surface area contributed by atoms with Gasteiger partial charge in [0.15, 0.2) is 5.65 Å². The van der Waals surface area contributed by atoms with Crippen molar-refractivity contribution in [1.29, 1.82) is 0 Å². The van der Waals surface area contributed by atoms with E-state index in [4.69, 9.17) is 9.72 Å². The number of unbranched alkanes of at least 4 members (excludes halogenated alkanes) is 1. The van der Waals surface area contributed by atoms with Crippen molar-refractivity contribution in [2.24, 2.45) is 0 Å². The minimum Gasteiger partial charge on any atom is -0.379 e. The van der Waals surface area contributed by atoms with Crippen LogP contribution in [0.2, 0.25) is 0 Å². The molecule has 0 amide bonds. The molecule has 0 aliphatic carbocycles. The molecule has 26 heavy (non-hydrogen) atoms. The summed E-state index contributed by atoms with van der Waals surface area (Å²) in [6, 6.07) is 8.40. The Labute approximate surface area is 157 Å². The Hall–Kier alpha value is -1.70. The fourth-order valence-electron chi connectivity index (χ4n) is 3.38. The molecular formula is C19H25N5OS. The molecule has 0 unspecified atom stereocenters. The standard InChI is InChI=1S/C19H25N5OS/c1-2-3-8-24-16-7-5-4-6-15(16)17-18(24)20-19(22-21-17)26-14-11-23-9-12-25-13-10-23/h4-7H,2-3,8-14H2,1H3. The third-order valence-corrected chi connectivity index (χ3v) is 5.65. The molecule has 0 N–H and O–H groups in total. The van der Waals surface area contributed by atoms with E-state index in [1.54, 1.807) is 11.8 Å². The number of aromatic nitrogens is 4. The summed E-state index contributed by atoms with van der Waals surface area (Å²) in [5, 5.41) is 10.8. The molecule has 0 atom stereocenters. The van der Waals surface area contributed by atoms with Crippen LogP contribution < -0.4 is 0 Å².